The van der Waals surface area contributed by atoms with E-state index in [1.54, 1.807) is 6.92 Å². The third-order valence-electron chi connectivity index (χ3n) is 5.16. The van der Waals surface area contributed by atoms with Gasteiger partial charge in [-0.25, -0.2) is 4.79 Å². The monoisotopic (exact) mass is 314 g/mol. The lowest BCUT2D eigenvalue weighted by atomic mass is 9.78. The second kappa shape index (κ2) is 4.91. The Labute approximate surface area is 127 Å². The molecule has 2 rings (SSSR count). The van der Waals surface area contributed by atoms with Crippen LogP contribution in [-0.2, 0) is 14.0 Å². The van der Waals surface area contributed by atoms with Crippen molar-refractivity contribution in [1.29, 1.82) is 0 Å². The molecule has 6 heteroatoms. The fourth-order valence-corrected chi connectivity index (χ4v) is 3.91. The summed E-state index contributed by atoms with van der Waals surface area (Å²) >= 11 is 0. The summed E-state index contributed by atoms with van der Waals surface area (Å²) in [5, 5.41) is 21.1. The summed E-state index contributed by atoms with van der Waals surface area (Å²) < 4.78 is 11.3. The van der Waals surface area contributed by atoms with Crippen molar-refractivity contribution < 1.29 is 24.2 Å². The van der Waals surface area contributed by atoms with Crippen LogP contribution in [-0.4, -0.2) is 48.9 Å². The topological polar surface area (TPSA) is 76.0 Å². The number of hydrogen-bond donors (Lipinski definition) is 2. The highest BCUT2D eigenvalue weighted by molar-refractivity contribution is 6.74. The predicted molar refractivity (Wildman–Crippen MR) is 81.3 cm³/mol. The number of hydrogen-bond acceptors (Lipinski definition) is 5. The van der Waals surface area contributed by atoms with Crippen LogP contribution < -0.4 is 0 Å². The number of cyclic esters (lactones) is 1. The fraction of sp³-hybridized carbons (Fsp3) is 0.800. The van der Waals surface area contributed by atoms with Gasteiger partial charge in [-0.05, 0) is 25.1 Å². The van der Waals surface area contributed by atoms with Crippen molar-refractivity contribution in [2.75, 3.05) is 6.61 Å². The number of esters is 1. The minimum atomic E-state index is -2.12. The first-order valence-corrected chi connectivity index (χ1v) is 10.3. The van der Waals surface area contributed by atoms with Crippen molar-refractivity contribution in [3.63, 3.8) is 0 Å². The molecule has 0 unspecified atom stereocenters. The maximum Gasteiger partial charge on any atom is 0.334 e. The molecule has 120 valence electrons. The van der Waals surface area contributed by atoms with Gasteiger partial charge in [0.05, 0.1) is 6.10 Å². The highest BCUT2D eigenvalue weighted by Crippen LogP contribution is 2.43. The van der Waals surface area contributed by atoms with Crippen LogP contribution in [0.1, 0.15) is 34.1 Å². The van der Waals surface area contributed by atoms with Crippen molar-refractivity contribution in [2.45, 2.75) is 70.1 Å². The molecule has 0 saturated carbocycles. The molecule has 2 N–H and O–H groups in total. The first kappa shape index (κ1) is 16.7. The summed E-state index contributed by atoms with van der Waals surface area (Å²) in [4.78, 5) is 11.8. The molecule has 0 amide bonds. The molecule has 1 heterocycles. The number of carbonyl (C=O) groups excluding carboxylic acids is 1. The Morgan fingerprint density at radius 2 is 1.95 bits per heavy atom. The van der Waals surface area contributed by atoms with Gasteiger partial charge in [0, 0.05) is 17.6 Å². The first-order chi connectivity index (χ1) is 9.38. The van der Waals surface area contributed by atoms with Gasteiger partial charge in [-0.2, -0.15) is 0 Å². The molecule has 0 aromatic carbocycles. The quantitative estimate of drug-likeness (QED) is 0.600. The van der Waals surface area contributed by atoms with E-state index in [2.05, 4.69) is 33.9 Å². The average molecular weight is 314 g/mol. The lowest BCUT2D eigenvalue weighted by molar-refractivity contribution is -0.136. The zero-order valence-electron chi connectivity index (χ0n) is 13.7. The molecule has 0 saturated heterocycles. The van der Waals surface area contributed by atoms with Crippen molar-refractivity contribution in [1.82, 2.24) is 0 Å². The van der Waals surface area contributed by atoms with Crippen LogP contribution >= 0.6 is 0 Å². The van der Waals surface area contributed by atoms with Crippen LogP contribution in [0, 0.1) is 0 Å². The second-order valence-electron chi connectivity index (χ2n) is 7.78. The van der Waals surface area contributed by atoms with Crippen molar-refractivity contribution in [2.24, 2.45) is 0 Å². The lowest BCUT2D eigenvalue weighted by Gasteiger charge is -2.46. The summed E-state index contributed by atoms with van der Waals surface area (Å²) in [5.41, 5.74) is -0.444. The Morgan fingerprint density at radius 1 is 1.38 bits per heavy atom. The van der Waals surface area contributed by atoms with Crippen molar-refractivity contribution in [3.8, 4) is 0 Å². The van der Waals surface area contributed by atoms with Crippen LogP contribution in [0.3, 0.4) is 0 Å². The Kier molecular flexibility index (Phi) is 3.90. The minimum absolute atomic E-state index is 0.0150. The molecule has 1 aliphatic heterocycles. The number of carbonyl (C=O) groups is 1. The summed E-state index contributed by atoms with van der Waals surface area (Å²) in [6.45, 7) is 12.2. The highest BCUT2D eigenvalue weighted by atomic mass is 28.4. The van der Waals surface area contributed by atoms with E-state index in [1.165, 1.54) is 0 Å². The normalized spacial score (nSPS) is 34.0. The van der Waals surface area contributed by atoms with Gasteiger partial charge in [-0.3, -0.25) is 0 Å². The molecule has 0 aromatic heterocycles. The maximum atomic E-state index is 11.8. The molecular weight excluding hydrogens is 288 g/mol. The predicted octanol–water partition coefficient (Wildman–Crippen LogP) is 1.75. The number of aliphatic hydroxyl groups excluding tert-OH is 1. The average Bonchev–Trinajstić information content (AvgIpc) is 2.66. The summed E-state index contributed by atoms with van der Waals surface area (Å²) in [7, 11) is -2.12. The van der Waals surface area contributed by atoms with E-state index in [0.29, 0.717) is 17.6 Å². The molecule has 1 aliphatic carbocycles. The summed E-state index contributed by atoms with van der Waals surface area (Å²) in [5.74, 6) is -0.400. The Hall–Kier alpha value is -0.693. The summed E-state index contributed by atoms with van der Waals surface area (Å²) in [6.07, 6.45) is -1.43. The van der Waals surface area contributed by atoms with E-state index >= 15 is 0 Å². The third kappa shape index (κ3) is 2.70. The number of rotatable bonds is 2. The van der Waals surface area contributed by atoms with E-state index in [4.69, 9.17) is 9.16 Å². The van der Waals surface area contributed by atoms with Crippen molar-refractivity contribution in [3.05, 3.63) is 11.1 Å². The second-order valence-corrected chi connectivity index (χ2v) is 12.5. The number of ether oxygens (including phenoxy) is 1. The SMILES string of the molecule is CC(C)(C)[Si](C)(C)O[C@@H]1CC2=C(COC2=O)[C@@H](O)[C@@]1(C)O. The highest BCUT2D eigenvalue weighted by Gasteiger charge is 2.53. The van der Waals surface area contributed by atoms with Gasteiger partial charge in [0.15, 0.2) is 8.32 Å². The molecule has 3 atom stereocenters. The van der Waals surface area contributed by atoms with Crippen LogP contribution in [0.4, 0.5) is 0 Å². The van der Waals surface area contributed by atoms with Gasteiger partial charge in [0.2, 0.25) is 0 Å². The standard InChI is InChI=1S/C15H26O5Si/c1-14(2,3)21(5,6)20-11-7-9-10(8-19-13(9)17)12(16)15(11,4)18/h11-12,16,18H,7-8H2,1-6H3/t11-,12-,15+/m1/s1. The lowest BCUT2D eigenvalue weighted by Crippen LogP contribution is -2.58. The third-order valence-corrected chi connectivity index (χ3v) is 9.65. The van der Waals surface area contributed by atoms with E-state index < -0.39 is 32.1 Å². The zero-order chi connectivity index (χ0) is 16.2. The molecule has 0 bridgehead atoms. The van der Waals surface area contributed by atoms with Gasteiger partial charge in [0.25, 0.3) is 0 Å². The zero-order valence-corrected chi connectivity index (χ0v) is 14.7. The Bertz CT molecular complexity index is 487. The van der Waals surface area contributed by atoms with E-state index in [1.807, 2.05) is 0 Å². The van der Waals surface area contributed by atoms with E-state index in [9.17, 15) is 15.0 Å². The van der Waals surface area contributed by atoms with E-state index in [-0.39, 0.29) is 11.6 Å². The van der Waals surface area contributed by atoms with Crippen molar-refractivity contribution >= 4 is 14.3 Å². The molecule has 2 aliphatic rings. The Morgan fingerprint density at radius 3 is 2.48 bits per heavy atom. The molecule has 0 spiro atoms. The van der Waals surface area contributed by atoms with Crippen LogP contribution in [0.25, 0.3) is 0 Å². The molecule has 0 radical (unpaired) electrons. The minimum Gasteiger partial charge on any atom is -0.458 e. The van der Waals surface area contributed by atoms with Gasteiger partial charge in [-0.1, -0.05) is 20.8 Å². The van der Waals surface area contributed by atoms with Gasteiger partial charge in [-0.15, -0.1) is 0 Å². The largest absolute Gasteiger partial charge is 0.458 e. The molecule has 0 aromatic rings. The summed E-state index contributed by atoms with van der Waals surface area (Å²) in [6, 6.07) is 0. The Balaban J connectivity index is 2.31. The fourth-order valence-electron chi connectivity index (χ4n) is 2.52. The number of aliphatic hydroxyl groups is 2. The van der Waals surface area contributed by atoms with E-state index in [0.717, 1.165) is 0 Å². The van der Waals surface area contributed by atoms with Crippen LogP contribution in [0.15, 0.2) is 11.1 Å². The van der Waals surface area contributed by atoms with Crippen LogP contribution in [0.5, 0.6) is 0 Å². The van der Waals surface area contributed by atoms with Gasteiger partial charge < -0.3 is 19.4 Å². The molecule has 5 nitrogen and oxygen atoms in total. The smallest absolute Gasteiger partial charge is 0.334 e. The van der Waals surface area contributed by atoms with Gasteiger partial charge in [0.1, 0.15) is 18.3 Å². The van der Waals surface area contributed by atoms with Crippen LogP contribution in [0.2, 0.25) is 18.1 Å². The maximum absolute atomic E-state index is 11.8. The molecule has 21 heavy (non-hydrogen) atoms. The molecule has 0 fully saturated rings. The van der Waals surface area contributed by atoms with Gasteiger partial charge >= 0.3 is 5.97 Å². The first-order valence-electron chi connectivity index (χ1n) is 7.35. The molecular formula is C15H26O5Si.